The van der Waals surface area contributed by atoms with E-state index in [-0.39, 0.29) is 5.41 Å². The Morgan fingerprint density at radius 3 is 1.60 bits per heavy atom. The van der Waals surface area contributed by atoms with Crippen molar-refractivity contribution < 1.29 is 13.1 Å². The summed E-state index contributed by atoms with van der Waals surface area (Å²) >= 11 is 0. The molecule has 2 aliphatic rings. The summed E-state index contributed by atoms with van der Waals surface area (Å²) in [5, 5.41) is 0. The molecule has 0 spiro atoms. The maximum atomic E-state index is 18.0. The van der Waals surface area contributed by atoms with Crippen LogP contribution in [0.3, 0.4) is 0 Å². The molecule has 5 heteroatoms. The Morgan fingerprint density at radius 1 is 0.562 bits per heavy atom. The molecule has 234 valence electrons. The van der Waals surface area contributed by atoms with Crippen molar-refractivity contribution in [2.75, 3.05) is 0 Å². The van der Waals surface area contributed by atoms with Gasteiger partial charge in [-0.2, -0.15) is 0 Å². The van der Waals surface area contributed by atoms with Crippen molar-refractivity contribution in [2.45, 2.75) is 26.2 Å². The summed E-state index contributed by atoms with van der Waals surface area (Å²) in [5.74, 6) is 0. The van der Waals surface area contributed by atoms with Gasteiger partial charge in [-0.05, 0) is 51.4 Å². The Hall–Kier alpha value is -5.55. The fourth-order valence-corrected chi connectivity index (χ4v) is 7.18. The van der Waals surface area contributed by atoms with Crippen LogP contribution in [0.25, 0.3) is 33.5 Å². The zero-order valence-electron chi connectivity index (χ0n) is 27.2. The van der Waals surface area contributed by atoms with Crippen LogP contribution < -0.4 is 0 Å². The number of nitrogens with zero attached hydrogens (tertiary/aromatic N) is 2. The van der Waals surface area contributed by atoms with E-state index in [0.717, 1.165) is 44.5 Å². The summed E-state index contributed by atoms with van der Waals surface area (Å²) < 4.78 is 38.7. The third-order valence-electron chi connectivity index (χ3n) is 9.52. The number of allylic oxidation sites excluding steroid dienone is 2. The predicted molar refractivity (Wildman–Crippen MR) is 195 cm³/mol. The lowest BCUT2D eigenvalue weighted by atomic mass is 9.80. The normalized spacial score (nSPS) is 15.3. The Kier molecular flexibility index (Phi) is 7.03. The maximum Gasteiger partial charge on any atom is 0.737 e. The van der Waals surface area contributed by atoms with Gasteiger partial charge in [0.05, 0.1) is 11.1 Å². The monoisotopic (exact) mass is 628 g/mol. The van der Waals surface area contributed by atoms with Crippen molar-refractivity contribution in [3.63, 3.8) is 0 Å². The average molecular weight is 629 g/mol. The number of hydrogen-bond donors (Lipinski definition) is 0. The second-order valence-corrected chi connectivity index (χ2v) is 13.6. The second kappa shape index (κ2) is 11.3. The van der Waals surface area contributed by atoms with E-state index in [1.54, 1.807) is 0 Å². The Labute approximate surface area is 280 Å². The van der Waals surface area contributed by atoms with Gasteiger partial charge in [0.15, 0.2) is 11.4 Å². The molecule has 5 aromatic carbocycles. The van der Waals surface area contributed by atoms with Crippen molar-refractivity contribution in [1.82, 2.24) is 4.48 Å². The molecule has 0 bridgehead atoms. The number of rotatable bonds is 5. The minimum absolute atomic E-state index is 0.0578. The SMILES string of the molecule is CC(C)(C)c1ccc(C2=C3C(c4ccccc4)=CC(c4ccccc4)=[N+]3[B-](F)(F)n3c(-c4ccccc4)cc(-c4ccccc4)c32)cc1. The summed E-state index contributed by atoms with van der Waals surface area (Å²) in [7, 11) is 0. The molecule has 48 heavy (non-hydrogen) atoms. The quantitative estimate of drug-likeness (QED) is 0.168. The Bertz CT molecular complexity index is 2240. The van der Waals surface area contributed by atoms with Crippen LogP contribution in [0.4, 0.5) is 8.63 Å². The molecule has 0 radical (unpaired) electrons. The highest BCUT2D eigenvalue weighted by Crippen LogP contribution is 2.51. The highest BCUT2D eigenvalue weighted by Gasteiger charge is 2.57. The minimum atomic E-state index is -4.39. The molecule has 8 rings (SSSR count). The molecular formula is C43H35BF2N2. The van der Waals surface area contributed by atoms with Crippen LogP contribution in [0.2, 0.25) is 0 Å². The van der Waals surface area contributed by atoms with E-state index in [0.29, 0.717) is 22.8 Å². The molecule has 0 saturated heterocycles. The molecular weight excluding hydrogens is 593 g/mol. The zero-order chi connectivity index (χ0) is 33.0. The average Bonchev–Trinajstić information content (AvgIpc) is 3.72. The van der Waals surface area contributed by atoms with Gasteiger partial charge in [0, 0.05) is 28.6 Å². The molecule has 0 amide bonds. The van der Waals surface area contributed by atoms with Gasteiger partial charge in [-0.15, -0.1) is 0 Å². The van der Waals surface area contributed by atoms with Gasteiger partial charge in [-0.25, -0.2) is 0 Å². The molecule has 0 aliphatic carbocycles. The maximum absolute atomic E-state index is 18.0. The summed E-state index contributed by atoms with van der Waals surface area (Å²) in [6.45, 7) is 2.18. The third kappa shape index (κ3) is 4.81. The van der Waals surface area contributed by atoms with E-state index in [1.165, 1.54) is 14.5 Å². The number of fused-ring (bicyclic) bond motifs is 2. The van der Waals surface area contributed by atoms with Gasteiger partial charge >= 0.3 is 6.97 Å². The van der Waals surface area contributed by atoms with Gasteiger partial charge in [0.1, 0.15) is 0 Å². The van der Waals surface area contributed by atoms with E-state index in [2.05, 4.69) is 45.0 Å². The van der Waals surface area contributed by atoms with Gasteiger partial charge in [0.25, 0.3) is 0 Å². The molecule has 0 unspecified atom stereocenters. The molecule has 1 aromatic heterocycles. The first-order valence-corrected chi connectivity index (χ1v) is 16.5. The molecule has 0 N–H and O–H groups in total. The minimum Gasteiger partial charge on any atom is -0.389 e. The molecule has 6 aromatic rings. The summed E-state index contributed by atoms with van der Waals surface area (Å²) in [5.41, 5.74) is 9.63. The third-order valence-corrected chi connectivity index (χ3v) is 9.52. The molecule has 0 atom stereocenters. The number of halogens is 2. The van der Waals surface area contributed by atoms with Crippen molar-refractivity contribution in [3.05, 3.63) is 191 Å². The van der Waals surface area contributed by atoms with Crippen LogP contribution in [0.1, 0.15) is 48.7 Å². The molecule has 0 fully saturated rings. The number of benzene rings is 5. The van der Waals surface area contributed by atoms with E-state index in [9.17, 15) is 0 Å². The Morgan fingerprint density at radius 2 is 1.06 bits per heavy atom. The first-order chi connectivity index (χ1) is 23.2. The van der Waals surface area contributed by atoms with E-state index >= 15 is 8.63 Å². The van der Waals surface area contributed by atoms with Crippen LogP contribution in [-0.2, 0) is 5.41 Å². The zero-order valence-corrected chi connectivity index (χ0v) is 27.2. The summed E-state index contributed by atoms with van der Waals surface area (Å²) in [6.07, 6.45) is 1.95. The molecule has 0 saturated carbocycles. The van der Waals surface area contributed by atoms with Crippen LogP contribution >= 0.6 is 0 Å². The van der Waals surface area contributed by atoms with Crippen molar-refractivity contribution in [3.8, 4) is 22.4 Å². The number of aromatic nitrogens is 1. The van der Waals surface area contributed by atoms with Gasteiger partial charge < -0.3 is 17.6 Å². The van der Waals surface area contributed by atoms with Crippen LogP contribution in [0.15, 0.2) is 163 Å². The molecule has 2 nitrogen and oxygen atoms in total. The van der Waals surface area contributed by atoms with Gasteiger partial charge in [0.2, 0.25) is 0 Å². The number of hydrogen-bond acceptors (Lipinski definition) is 0. The van der Waals surface area contributed by atoms with E-state index < -0.39 is 6.97 Å². The fourth-order valence-electron chi connectivity index (χ4n) is 7.18. The second-order valence-electron chi connectivity index (χ2n) is 13.6. The van der Waals surface area contributed by atoms with Crippen LogP contribution in [0.5, 0.6) is 0 Å². The van der Waals surface area contributed by atoms with Crippen molar-refractivity contribution in [1.29, 1.82) is 0 Å². The van der Waals surface area contributed by atoms with Crippen molar-refractivity contribution >= 4 is 23.8 Å². The fraction of sp³-hybridized carbons (Fsp3) is 0.0930. The highest BCUT2D eigenvalue weighted by molar-refractivity contribution is 6.59. The van der Waals surface area contributed by atoms with Crippen LogP contribution in [0, 0.1) is 0 Å². The highest BCUT2D eigenvalue weighted by atomic mass is 19.2. The lowest BCUT2D eigenvalue weighted by Gasteiger charge is -2.35. The lowest BCUT2D eigenvalue weighted by Crippen LogP contribution is -2.51. The van der Waals surface area contributed by atoms with Crippen molar-refractivity contribution in [2.24, 2.45) is 0 Å². The van der Waals surface area contributed by atoms with E-state index in [4.69, 9.17) is 0 Å². The molecule has 3 heterocycles. The molecule has 2 aliphatic heterocycles. The topological polar surface area (TPSA) is 7.94 Å². The van der Waals surface area contributed by atoms with Crippen LogP contribution in [-0.4, -0.2) is 21.6 Å². The standard InChI is InChI=1S/C43H35BF2N2/c1-43(2,3)35-26-24-34(25-27-35)40-41-36(30-16-8-4-9-17-30)28-38(32-20-12-6-13-21-32)47(41)44(45,46)48-39(33-22-14-7-15-23-33)29-37(42(40)48)31-18-10-5-11-19-31/h4-29H,1-3H3. The summed E-state index contributed by atoms with van der Waals surface area (Å²) in [4.78, 5) is 0. The first-order valence-electron chi connectivity index (χ1n) is 16.5. The predicted octanol–water partition coefficient (Wildman–Crippen LogP) is 10.7. The lowest BCUT2D eigenvalue weighted by molar-refractivity contribution is -0.359. The first kappa shape index (κ1) is 29.8. The van der Waals surface area contributed by atoms with Gasteiger partial charge in [-0.1, -0.05) is 154 Å². The van der Waals surface area contributed by atoms with Gasteiger partial charge in [-0.3, -0.25) is 0 Å². The largest absolute Gasteiger partial charge is 0.737 e. The Balaban J connectivity index is 1.56. The van der Waals surface area contributed by atoms with E-state index in [1.807, 2.05) is 133 Å². The summed E-state index contributed by atoms with van der Waals surface area (Å²) in [6, 6.07) is 49.4. The smallest absolute Gasteiger partial charge is 0.389 e.